The molecule has 0 aliphatic heterocycles. The fraction of sp³-hybridized carbons (Fsp3) is 0.538. The summed E-state index contributed by atoms with van der Waals surface area (Å²) in [5, 5.41) is 0. The first-order valence-electron chi connectivity index (χ1n) is 5.61. The van der Waals surface area contributed by atoms with Gasteiger partial charge < -0.3 is 4.74 Å². The summed E-state index contributed by atoms with van der Waals surface area (Å²) < 4.78 is 6.23. The molecule has 0 aliphatic carbocycles. The average Bonchev–Trinajstić information content (AvgIpc) is 2.28. The van der Waals surface area contributed by atoms with Crippen molar-refractivity contribution in [2.24, 2.45) is 0 Å². The van der Waals surface area contributed by atoms with Gasteiger partial charge in [0.25, 0.3) is 0 Å². The van der Waals surface area contributed by atoms with Crippen LogP contribution in [-0.4, -0.2) is 25.1 Å². The highest BCUT2D eigenvalue weighted by Crippen LogP contribution is 2.26. The van der Waals surface area contributed by atoms with Gasteiger partial charge in [0.1, 0.15) is 5.75 Å². The molecule has 0 radical (unpaired) electrons. The quantitative estimate of drug-likeness (QED) is 0.818. The Morgan fingerprint density at radius 1 is 1.44 bits per heavy atom. The number of ether oxygens (including phenoxy) is 1. The zero-order valence-corrected chi connectivity index (χ0v) is 12.0. The topological polar surface area (TPSA) is 12.5 Å². The molecule has 1 aromatic carbocycles. The van der Waals surface area contributed by atoms with Crippen LogP contribution in [0.15, 0.2) is 22.7 Å². The smallest absolute Gasteiger partial charge is 0.133 e. The highest BCUT2D eigenvalue weighted by molar-refractivity contribution is 9.10. The maximum Gasteiger partial charge on any atom is 0.133 e. The van der Waals surface area contributed by atoms with Crippen LogP contribution in [0, 0.1) is 0 Å². The van der Waals surface area contributed by atoms with Crippen molar-refractivity contribution >= 4 is 15.9 Å². The van der Waals surface area contributed by atoms with Gasteiger partial charge in [0.05, 0.1) is 11.6 Å². The predicted octanol–water partition coefficient (Wildman–Crippen LogP) is 3.69. The van der Waals surface area contributed by atoms with Crippen molar-refractivity contribution in [1.29, 1.82) is 0 Å². The van der Waals surface area contributed by atoms with E-state index < -0.39 is 0 Å². The van der Waals surface area contributed by atoms with Gasteiger partial charge in [-0.3, -0.25) is 4.90 Å². The Kier molecular flexibility index (Phi) is 5.29. The fourth-order valence-electron chi connectivity index (χ4n) is 1.56. The third kappa shape index (κ3) is 3.49. The Morgan fingerprint density at radius 3 is 2.62 bits per heavy atom. The maximum atomic E-state index is 5.21. The first-order chi connectivity index (χ1) is 7.58. The van der Waals surface area contributed by atoms with E-state index in [0.717, 1.165) is 16.8 Å². The molecule has 0 amide bonds. The van der Waals surface area contributed by atoms with Gasteiger partial charge in [-0.05, 0) is 54.0 Å². The lowest BCUT2D eigenvalue weighted by atomic mass is 10.1. The van der Waals surface area contributed by atoms with Gasteiger partial charge >= 0.3 is 0 Å². The number of rotatable bonds is 5. The van der Waals surface area contributed by atoms with Crippen molar-refractivity contribution in [3.63, 3.8) is 0 Å². The summed E-state index contributed by atoms with van der Waals surface area (Å²) in [6.07, 6.45) is 1.17. The van der Waals surface area contributed by atoms with Gasteiger partial charge in [-0.1, -0.05) is 13.0 Å². The highest BCUT2D eigenvalue weighted by atomic mass is 79.9. The van der Waals surface area contributed by atoms with Crippen molar-refractivity contribution in [3.8, 4) is 5.75 Å². The van der Waals surface area contributed by atoms with Crippen LogP contribution >= 0.6 is 15.9 Å². The first kappa shape index (κ1) is 13.5. The van der Waals surface area contributed by atoms with Crippen molar-refractivity contribution in [2.75, 3.05) is 14.2 Å². The largest absolute Gasteiger partial charge is 0.496 e. The fourth-order valence-corrected chi connectivity index (χ4v) is 2.15. The molecule has 2 nitrogen and oxygen atoms in total. The molecule has 3 heteroatoms. The zero-order chi connectivity index (χ0) is 12.1. The Labute approximate surface area is 107 Å². The number of halogens is 1. The molecule has 90 valence electrons. The monoisotopic (exact) mass is 285 g/mol. The van der Waals surface area contributed by atoms with E-state index in [1.54, 1.807) is 7.11 Å². The van der Waals surface area contributed by atoms with Crippen LogP contribution in [0.2, 0.25) is 0 Å². The predicted molar refractivity (Wildman–Crippen MR) is 71.9 cm³/mol. The van der Waals surface area contributed by atoms with Crippen molar-refractivity contribution in [3.05, 3.63) is 28.2 Å². The summed E-state index contributed by atoms with van der Waals surface area (Å²) in [6, 6.07) is 6.85. The normalized spacial score (nSPS) is 12.9. The molecule has 1 aromatic rings. The van der Waals surface area contributed by atoms with Crippen LogP contribution in [0.25, 0.3) is 0 Å². The van der Waals surface area contributed by atoms with Crippen molar-refractivity contribution in [1.82, 2.24) is 4.90 Å². The molecule has 0 fully saturated rings. The highest BCUT2D eigenvalue weighted by Gasteiger charge is 2.08. The summed E-state index contributed by atoms with van der Waals surface area (Å²) in [5.74, 6) is 0.884. The summed E-state index contributed by atoms with van der Waals surface area (Å²) in [5.41, 5.74) is 1.30. The van der Waals surface area contributed by atoms with E-state index >= 15 is 0 Å². The van der Waals surface area contributed by atoms with Crippen LogP contribution in [0.1, 0.15) is 25.8 Å². The first-order valence-corrected chi connectivity index (χ1v) is 6.40. The molecule has 0 bridgehead atoms. The minimum atomic E-state index is 0.612. The molecule has 0 spiro atoms. The molecule has 1 atom stereocenters. The second-order valence-electron chi connectivity index (χ2n) is 4.14. The van der Waals surface area contributed by atoms with E-state index in [-0.39, 0.29) is 0 Å². The molecule has 1 rings (SSSR count). The number of benzene rings is 1. The summed E-state index contributed by atoms with van der Waals surface area (Å²) in [4.78, 5) is 2.36. The minimum absolute atomic E-state index is 0.612. The maximum absolute atomic E-state index is 5.21. The van der Waals surface area contributed by atoms with Crippen LogP contribution < -0.4 is 4.74 Å². The summed E-state index contributed by atoms with van der Waals surface area (Å²) in [7, 11) is 3.84. The molecular weight excluding hydrogens is 266 g/mol. The number of hydrogen-bond donors (Lipinski definition) is 0. The lowest BCUT2D eigenvalue weighted by Crippen LogP contribution is -2.27. The lowest BCUT2D eigenvalue weighted by Gasteiger charge is -2.23. The standard InChI is InChI=1S/C13H20BrNO/c1-5-10(2)15(3)9-11-6-7-13(16-4)12(14)8-11/h6-8,10H,5,9H2,1-4H3. The molecule has 0 heterocycles. The van der Waals surface area contributed by atoms with Crippen LogP contribution in [0.3, 0.4) is 0 Å². The third-order valence-electron chi connectivity index (χ3n) is 2.99. The molecule has 0 saturated carbocycles. The Balaban J connectivity index is 2.71. The zero-order valence-electron chi connectivity index (χ0n) is 10.5. The Bertz CT molecular complexity index is 341. The van der Waals surface area contributed by atoms with E-state index in [9.17, 15) is 0 Å². The van der Waals surface area contributed by atoms with Crippen molar-refractivity contribution in [2.45, 2.75) is 32.9 Å². The molecular formula is C13H20BrNO. The summed E-state index contributed by atoms with van der Waals surface area (Å²) >= 11 is 3.51. The van der Waals surface area contributed by atoms with E-state index in [0.29, 0.717) is 6.04 Å². The second kappa shape index (κ2) is 6.26. The molecule has 1 unspecified atom stereocenters. The number of nitrogens with zero attached hydrogens (tertiary/aromatic N) is 1. The second-order valence-corrected chi connectivity index (χ2v) is 5.00. The Hall–Kier alpha value is -0.540. The van der Waals surface area contributed by atoms with Gasteiger partial charge in [0.2, 0.25) is 0 Å². The van der Waals surface area contributed by atoms with Crippen LogP contribution in [-0.2, 0) is 6.54 Å². The minimum Gasteiger partial charge on any atom is -0.496 e. The lowest BCUT2D eigenvalue weighted by molar-refractivity contribution is 0.243. The van der Waals surface area contributed by atoms with Gasteiger partial charge in [-0.25, -0.2) is 0 Å². The molecule has 0 aromatic heterocycles. The van der Waals surface area contributed by atoms with Crippen LogP contribution in [0.5, 0.6) is 5.75 Å². The number of hydrogen-bond acceptors (Lipinski definition) is 2. The van der Waals surface area contributed by atoms with Gasteiger partial charge in [-0.2, -0.15) is 0 Å². The van der Waals surface area contributed by atoms with Gasteiger partial charge in [-0.15, -0.1) is 0 Å². The summed E-state index contributed by atoms with van der Waals surface area (Å²) in [6.45, 7) is 5.43. The van der Waals surface area contributed by atoms with Gasteiger partial charge in [0.15, 0.2) is 0 Å². The molecule has 16 heavy (non-hydrogen) atoms. The SMILES string of the molecule is CCC(C)N(C)Cc1ccc(OC)c(Br)c1. The number of methoxy groups -OCH3 is 1. The van der Waals surface area contributed by atoms with E-state index in [1.165, 1.54) is 12.0 Å². The van der Waals surface area contributed by atoms with E-state index in [1.807, 2.05) is 6.07 Å². The molecule has 0 aliphatic rings. The Morgan fingerprint density at radius 2 is 2.12 bits per heavy atom. The van der Waals surface area contributed by atoms with Crippen molar-refractivity contribution < 1.29 is 4.74 Å². The van der Waals surface area contributed by atoms with Crippen LogP contribution in [0.4, 0.5) is 0 Å². The third-order valence-corrected chi connectivity index (χ3v) is 3.61. The van der Waals surface area contributed by atoms with Gasteiger partial charge in [0, 0.05) is 12.6 Å². The van der Waals surface area contributed by atoms with E-state index in [4.69, 9.17) is 4.74 Å². The molecule has 0 saturated heterocycles. The van der Waals surface area contributed by atoms with E-state index in [2.05, 4.69) is 53.9 Å². The average molecular weight is 286 g/mol. The molecule has 0 N–H and O–H groups in total.